The summed E-state index contributed by atoms with van der Waals surface area (Å²) in [5.41, 5.74) is 4.10. The summed E-state index contributed by atoms with van der Waals surface area (Å²) in [4.78, 5) is 2.56. The summed E-state index contributed by atoms with van der Waals surface area (Å²) in [6.45, 7) is 10.7. The van der Waals surface area contributed by atoms with E-state index >= 15 is 0 Å². The van der Waals surface area contributed by atoms with Crippen LogP contribution < -0.4 is 5.32 Å². The maximum Gasteiger partial charge on any atom is 0.0599 e. The minimum absolute atomic E-state index is 0.409. The third-order valence-corrected chi connectivity index (χ3v) is 4.37. The van der Waals surface area contributed by atoms with Crippen molar-refractivity contribution < 1.29 is 4.74 Å². The van der Waals surface area contributed by atoms with Crippen LogP contribution in [0.25, 0.3) is 0 Å². The number of aryl methyl sites for hydroxylation is 2. The van der Waals surface area contributed by atoms with E-state index in [2.05, 4.69) is 56.2 Å². The van der Waals surface area contributed by atoms with E-state index < -0.39 is 0 Å². The van der Waals surface area contributed by atoms with Gasteiger partial charge in [0.25, 0.3) is 0 Å². The zero-order chi connectivity index (χ0) is 15.2. The largest absolute Gasteiger partial charge is 0.378 e. The van der Waals surface area contributed by atoms with Crippen molar-refractivity contribution in [3.05, 3.63) is 34.9 Å². The first-order valence-corrected chi connectivity index (χ1v) is 8.21. The van der Waals surface area contributed by atoms with E-state index in [1.54, 1.807) is 0 Å². The van der Waals surface area contributed by atoms with Gasteiger partial charge in [0.05, 0.1) is 6.10 Å². The van der Waals surface area contributed by atoms with Gasteiger partial charge in [0.1, 0.15) is 0 Å². The lowest BCUT2D eigenvalue weighted by Gasteiger charge is -2.34. The Balaban J connectivity index is 1.94. The number of piperidine rings is 1. The van der Waals surface area contributed by atoms with Gasteiger partial charge in [0.15, 0.2) is 0 Å². The van der Waals surface area contributed by atoms with Crippen molar-refractivity contribution in [1.29, 1.82) is 0 Å². The SMILES string of the molecule is CCOC1CCN(CC(NC)c2cc(C)cc(C)c2)CC1. The smallest absolute Gasteiger partial charge is 0.0599 e. The van der Waals surface area contributed by atoms with Gasteiger partial charge >= 0.3 is 0 Å². The predicted octanol–water partition coefficient (Wildman–Crippen LogP) is 3.06. The van der Waals surface area contributed by atoms with Crippen LogP contribution in [-0.2, 0) is 4.74 Å². The fraction of sp³-hybridized carbons (Fsp3) is 0.667. The summed E-state index contributed by atoms with van der Waals surface area (Å²) < 4.78 is 5.74. The molecule has 21 heavy (non-hydrogen) atoms. The number of rotatable bonds is 6. The number of hydrogen-bond donors (Lipinski definition) is 1. The van der Waals surface area contributed by atoms with Crippen LogP contribution in [0.3, 0.4) is 0 Å². The molecule has 0 spiro atoms. The Morgan fingerprint density at radius 3 is 2.33 bits per heavy atom. The molecule has 1 N–H and O–H groups in total. The normalized spacial score (nSPS) is 18.9. The second-order valence-corrected chi connectivity index (χ2v) is 6.22. The summed E-state index contributed by atoms with van der Waals surface area (Å²) in [5.74, 6) is 0. The molecule has 3 nitrogen and oxygen atoms in total. The van der Waals surface area contributed by atoms with E-state index in [0.29, 0.717) is 12.1 Å². The summed E-state index contributed by atoms with van der Waals surface area (Å²) in [6.07, 6.45) is 2.80. The average molecular weight is 290 g/mol. The van der Waals surface area contributed by atoms with Crippen molar-refractivity contribution >= 4 is 0 Å². The second kappa shape index (κ2) is 7.92. The Morgan fingerprint density at radius 2 is 1.81 bits per heavy atom. The number of likely N-dealkylation sites (tertiary alicyclic amines) is 1. The van der Waals surface area contributed by atoms with E-state index in [1.165, 1.54) is 16.7 Å². The molecular formula is C18H30N2O. The summed E-state index contributed by atoms with van der Waals surface area (Å²) in [5, 5.41) is 3.48. The molecule has 1 heterocycles. The Bertz CT molecular complexity index is 419. The summed E-state index contributed by atoms with van der Waals surface area (Å²) >= 11 is 0. The Hall–Kier alpha value is -0.900. The number of likely N-dealkylation sites (N-methyl/N-ethyl adjacent to an activating group) is 1. The average Bonchev–Trinajstić information content (AvgIpc) is 2.45. The first-order valence-electron chi connectivity index (χ1n) is 8.21. The molecule has 1 saturated heterocycles. The molecule has 1 atom stereocenters. The Labute approximate surface area is 129 Å². The first kappa shape index (κ1) is 16.5. The van der Waals surface area contributed by atoms with Crippen molar-refractivity contribution in [1.82, 2.24) is 10.2 Å². The van der Waals surface area contributed by atoms with Gasteiger partial charge in [-0.25, -0.2) is 0 Å². The minimum atomic E-state index is 0.409. The molecule has 0 bridgehead atoms. The minimum Gasteiger partial charge on any atom is -0.378 e. The highest BCUT2D eigenvalue weighted by atomic mass is 16.5. The standard InChI is InChI=1S/C18H30N2O/c1-5-21-17-6-8-20(9-7-17)13-18(19-4)16-11-14(2)10-15(3)12-16/h10-12,17-19H,5-9,13H2,1-4H3. The van der Waals surface area contributed by atoms with E-state index in [1.807, 2.05) is 0 Å². The van der Waals surface area contributed by atoms with Crippen LogP contribution in [0.4, 0.5) is 0 Å². The van der Waals surface area contributed by atoms with Gasteiger partial charge in [-0.05, 0) is 46.2 Å². The van der Waals surface area contributed by atoms with Gasteiger partial charge in [-0.3, -0.25) is 0 Å². The molecule has 3 heteroatoms. The van der Waals surface area contributed by atoms with Crippen LogP contribution in [0, 0.1) is 13.8 Å². The highest BCUT2D eigenvalue weighted by Gasteiger charge is 2.22. The quantitative estimate of drug-likeness (QED) is 0.871. The van der Waals surface area contributed by atoms with Gasteiger partial charge in [-0.1, -0.05) is 29.3 Å². The highest BCUT2D eigenvalue weighted by Crippen LogP contribution is 2.21. The molecule has 1 unspecified atom stereocenters. The molecule has 1 fully saturated rings. The fourth-order valence-electron chi connectivity index (χ4n) is 3.33. The van der Waals surface area contributed by atoms with Gasteiger partial charge in [0.2, 0.25) is 0 Å². The van der Waals surface area contributed by atoms with E-state index in [-0.39, 0.29) is 0 Å². The molecule has 2 rings (SSSR count). The number of nitrogens with one attached hydrogen (secondary N) is 1. The monoisotopic (exact) mass is 290 g/mol. The molecule has 118 valence electrons. The molecule has 1 aromatic carbocycles. The predicted molar refractivity (Wildman–Crippen MR) is 88.8 cm³/mol. The van der Waals surface area contributed by atoms with Crippen LogP contribution >= 0.6 is 0 Å². The Morgan fingerprint density at radius 1 is 1.19 bits per heavy atom. The lowest BCUT2D eigenvalue weighted by Crippen LogP contribution is -2.41. The molecule has 0 saturated carbocycles. The zero-order valence-corrected chi connectivity index (χ0v) is 14.0. The third kappa shape index (κ3) is 4.80. The number of benzene rings is 1. The van der Waals surface area contributed by atoms with Crippen LogP contribution in [0.1, 0.15) is 42.5 Å². The third-order valence-electron chi connectivity index (χ3n) is 4.37. The van der Waals surface area contributed by atoms with Crippen LogP contribution in [0.5, 0.6) is 0 Å². The molecule has 0 radical (unpaired) electrons. The summed E-state index contributed by atoms with van der Waals surface area (Å²) in [6, 6.07) is 7.26. The van der Waals surface area contributed by atoms with Gasteiger partial charge in [0, 0.05) is 32.3 Å². The fourth-order valence-corrected chi connectivity index (χ4v) is 3.33. The van der Waals surface area contributed by atoms with E-state index in [4.69, 9.17) is 4.74 Å². The molecule has 0 amide bonds. The molecule has 1 aromatic rings. The molecular weight excluding hydrogens is 260 g/mol. The maximum atomic E-state index is 5.74. The molecule has 0 aromatic heterocycles. The van der Waals surface area contributed by atoms with E-state index in [0.717, 1.165) is 39.1 Å². The van der Waals surface area contributed by atoms with Gasteiger partial charge in [-0.2, -0.15) is 0 Å². The lowest BCUT2D eigenvalue weighted by atomic mass is 10.00. The highest BCUT2D eigenvalue weighted by molar-refractivity contribution is 5.30. The number of hydrogen-bond acceptors (Lipinski definition) is 3. The Kier molecular flexibility index (Phi) is 6.22. The number of ether oxygens (including phenoxy) is 1. The van der Waals surface area contributed by atoms with Crippen molar-refractivity contribution in [2.75, 3.05) is 33.3 Å². The van der Waals surface area contributed by atoms with Crippen molar-refractivity contribution in [3.8, 4) is 0 Å². The maximum absolute atomic E-state index is 5.74. The van der Waals surface area contributed by atoms with Crippen LogP contribution in [0.15, 0.2) is 18.2 Å². The zero-order valence-electron chi connectivity index (χ0n) is 14.0. The summed E-state index contributed by atoms with van der Waals surface area (Å²) in [7, 11) is 2.06. The van der Waals surface area contributed by atoms with E-state index in [9.17, 15) is 0 Å². The molecule has 1 aliphatic heterocycles. The van der Waals surface area contributed by atoms with Crippen LogP contribution in [0.2, 0.25) is 0 Å². The second-order valence-electron chi connectivity index (χ2n) is 6.22. The topological polar surface area (TPSA) is 24.5 Å². The van der Waals surface area contributed by atoms with Crippen LogP contribution in [-0.4, -0.2) is 44.3 Å². The van der Waals surface area contributed by atoms with Gasteiger partial charge < -0.3 is 15.0 Å². The van der Waals surface area contributed by atoms with Crippen molar-refractivity contribution in [3.63, 3.8) is 0 Å². The first-order chi connectivity index (χ1) is 10.1. The number of nitrogens with zero attached hydrogens (tertiary/aromatic N) is 1. The van der Waals surface area contributed by atoms with Crippen molar-refractivity contribution in [2.45, 2.75) is 45.8 Å². The molecule has 0 aliphatic carbocycles. The van der Waals surface area contributed by atoms with Crippen molar-refractivity contribution in [2.24, 2.45) is 0 Å². The van der Waals surface area contributed by atoms with Gasteiger partial charge in [-0.15, -0.1) is 0 Å². The lowest BCUT2D eigenvalue weighted by molar-refractivity contribution is 0.0125. The molecule has 1 aliphatic rings.